The molecule has 2 heterocycles. The molecule has 3 N–H and O–H groups in total. The van der Waals surface area contributed by atoms with Crippen LogP contribution in [0.15, 0.2) is 21.6 Å². The average Bonchev–Trinajstić information content (AvgIpc) is 2.92. The standard InChI is InChI=1S/C11H14BrN5O3S/c1-6-10(7(2)17(3)15-6)21(19,20)16-14-11(18)9-4-8(12)5-13-9/h4-5,13,16H,1-3H3,(H,14,18). The van der Waals surface area contributed by atoms with Gasteiger partial charge in [0.2, 0.25) is 0 Å². The molecule has 1 amide bonds. The molecule has 21 heavy (non-hydrogen) atoms. The van der Waals surface area contributed by atoms with Crippen LogP contribution in [0.3, 0.4) is 0 Å². The van der Waals surface area contributed by atoms with Crippen LogP contribution in [-0.4, -0.2) is 29.1 Å². The SMILES string of the molecule is Cc1nn(C)c(C)c1S(=O)(=O)NNC(=O)c1cc(Br)c[nH]1. The van der Waals surface area contributed by atoms with Gasteiger partial charge in [0.05, 0.1) is 11.4 Å². The number of halogens is 1. The number of sulfonamides is 1. The lowest BCUT2D eigenvalue weighted by atomic mass is 10.4. The number of nitrogens with one attached hydrogen (secondary N) is 3. The maximum absolute atomic E-state index is 12.2. The fourth-order valence-corrected chi connectivity index (χ4v) is 3.50. The van der Waals surface area contributed by atoms with Gasteiger partial charge in [-0.25, -0.2) is 8.42 Å². The Morgan fingerprint density at radius 2 is 2.10 bits per heavy atom. The van der Waals surface area contributed by atoms with Crippen molar-refractivity contribution in [2.45, 2.75) is 18.7 Å². The minimum absolute atomic E-state index is 0.0537. The van der Waals surface area contributed by atoms with Crippen molar-refractivity contribution in [3.8, 4) is 0 Å². The molecule has 0 unspecified atom stereocenters. The molecular formula is C11H14BrN5O3S. The quantitative estimate of drug-likeness (QED) is 0.685. The number of rotatable bonds is 4. The van der Waals surface area contributed by atoms with Gasteiger partial charge in [-0.3, -0.25) is 14.9 Å². The third kappa shape index (κ3) is 3.17. The monoisotopic (exact) mass is 375 g/mol. The Balaban J connectivity index is 2.17. The van der Waals surface area contributed by atoms with Gasteiger partial charge >= 0.3 is 0 Å². The molecule has 10 heteroatoms. The summed E-state index contributed by atoms with van der Waals surface area (Å²) in [5.74, 6) is -0.594. The van der Waals surface area contributed by atoms with Crippen molar-refractivity contribution in [1.29, 1.82) is 0 Å². The van der Waals surface area contributed by atoms with Crippen LogP contribution in [0.25, 0.3) is 0 Å². The van der Waals surface area contributed by atoms with Gasteiger partial charge in [-0.05, 0) is 35.8 Å². The minimum atomic E-state index is -3.89. The number of H-pyrrole nitrogens is 1. The number of hydrazine groups is 1. The van der Waals surface area contributed by atoms with Gasteiger partial charge in [0.25, 0.3) is 15.9 Å². The molecule has 2 rings (SSSR count). The Bertz CT molecular complexity index is 793. The van der Waals surface area contributed by atoms with Gasteiger partial charge in [-0.15, -0.1) is 4.83 Å². The van der Waals surface area contributed by atoms with Crippen LogP contribution in [0.1, 0.15) is 21.9 Å². The summed E-state index contributed by atoms with van der Waals surface area (Å²) in [6.07, 6.45) is 1.57. The Labute approximate surface area is 130 Å². The van der Waals surface area contributed by atoms with E-state index in [0.717, 1.165) is 0 Å². The van der Waals surface area contributed by atoms with Crippen LogP contribution in [0.5, 0.6) is 0 Å². The van der Waals surface area contributed by atoms with E-state index >= 15 is 0 Å². The number of carbonyl (C=O) groups is 1. The molecule has 0 aliphatic heterocycles. The highest BCUT2D eigenvalue weighted by Gasteiger charge is 2.24. The number of aromatic nitrogens is 3. The van der Waals surface area contributed by atoms with E-state index in [1.807, 2.05) is 0 Å². The molecule has 0 bridgehead atoms. The Morgan fingerprint density at radius 1 is 1.43 bits per heavy atom. The summed E-state index contributed by atoms with van der Waals surface area (Å²) in [6.45, 7) is 3.23. The molecule has 0 aliphatic carbocycles. The fraction of sp³-hybridized carbons (Fsp3) is 0.273. The van der Waals surface area contributed by atoms with E-state index in [2.05, 4.69) is 36.3 Å². The molecule has 0 saturated heterocycles. The van der Waals surface area contributed by atoms with Crippen LogP contribution in [0, 0.1) is 13.8 Å². The second-order valence-electron chi connectivity index (χ2n) is 4.41. The van der Waals surface area contributed by atoms with Crippen LogP contribution in [0.2, 0.25) is 0 Å². The van der Waals surface area contributed by atoms with Crippen molar-refractivity contribution in [1.82, 2.24) is 25.0 Å². The number of amides is 1. The lowest BCUT2D eigenvalue weighted by Crippen LogP contribution is -2.42. The minimum Gasteiger partial charge on any atom is -0.356 e. The van der Waals surface area contributed by atoms with Crippen LogP contribution < -0.4 is 10.3 Å². The van der Waals surface area contributed by atoms with Crippen molar-refractivity contribution in [2.75, 3.05) is 0 Å². The molecule has 2 aromatic rings. The first-order chi connectivity index (χ1) is 9.72. The second-order valence-corrected chi connectivity index (χ2v) is 6.95. The first-order valence-corrected chi connectivity index (χ1v) is 8.16. The molecule has 2 aromatic heterocycles. The third-order valence-corrected chi connectivity index (χ3v) is 4.86. The van der Waals surface area contributed by atoms with Crippen molar-refractivity contribution in [2.24, 2.45) is 7.05 Å². The van der Waals surface area contributed by atoms with Crippen LogP contribution in [0.4, 0.5) is 0 Å². The summed E-state index contributed by atoms with van der Waals surface area (Å²) in [5, 5.41) is 4.04. The predicted molar refractivity (Wildman–Crippen MR) is 79.0 cm³/mol. The summed E-state index contributed by atoms with van der Waals surface area (Å²) >= 11 is 3.19. The summed E-state index contributed by atoms with van der Waals surface area (Å²) < 4.78 is 26.6. The van der Waals surface area contributed by atoms with E-state index in [-0.39, 0.29) is 10.6 Å². The summed E-state index contributed by atoms with van der Waals surface area (Å²) in [4.78, 5) is 16.6. The second kappa shape index (κ2) is 5.62. The highest BCUT2D eigenvalue weighted by molar-refractivity contribution is 9.10. The Kier molecular flexibility index (Phi) is 4.21. The summed E-state index contributed by atoms with van der Waals surface area (Å²) in [5.41, 5.74) is 3.22. The molecule has 0 aliphatic rings. The smallest absolute Gasteiger partial charge is 0.282 e. The maximum Gasteiger partial charge on any atom is 0.282 e. The first kappa shape index (κ1) is 15.7. The number of aryl methyl sites for hydroxylation is 2. The first-order valence-electron chi connectivity index (χ1n) is 5.88. The largest absolute Gasteiger partial charge is 0.356 e. The molecule has 0 aromatic carbocycles. The molecule has 0 fully saturated rings. The molecular weight excluding hydrogens is 362 g/mol. The Hall–Kier alpha value is -1.65. The molecule has 0 spiro atoms. The zero-order chi connectivity index (χ0) is 15.8. The summed E-state index contributed by atoms with van der Waals surface area (Å²) in [6, 6.07) is 1.53. The summed E-state index contributed by atoms with van der Waals surface area (Å²) in [7, 11) is -2.24. The van der Waals surface area contributed by atoms with Crippen LogP contribution in [-0.2, 0) is 17.1 Å². The lowest BCUT2D eigenvalue weighted by molar-refractivity contribution is 0.0940. The fourth-order valence-electron chi connectivity index (χ4n) is 1.87. The average molecular weight is 376 g/mol. The maximum atomic E-state index is 12.2. The molecule has 0 radical (unpaired) electrons. The third-order valence-electron chi connectivity index (χ3n) is 2.90. The van der Waals surface area contributed by atoms with Crippen molar-refractivity contribution in [3.05, 3.63) is 33.8 Å². The number of carbonyl (C=O) groups excluding carboxylic acids is 1. The molecule has 114 valence electrons. The number of aromatic amines is 1. The van der Waals surface area contributed by atoms with E-state index in [9.17, 15) is 13.2 Å². The number of hydrogen-bond donors (Lipinski definition) is 3. The zero-order valence-corrected chi connectivity index (χ0v) is 14.0. The van der Waals surface area contributed by atoms with Gasteiger partial charge in [0.1, 0.15) is 10.6 Å². The van der Waals surface area contributed by atoms with Gasteiger partial charge in [-0.2, -0.15) is 5.10 Å². The predicted octanol–water partition coefficient (Wildman–Crippen LogP) is 0.751. The number of hydrogen-bond acceptors (Lipinski definition) is 4. The topological polar surface area (TPSA) is 109 Å². The molecule has 8 nitrogen and oxygen atoms in total. The van der Waals surface area contributed by atoms with E-state index < -0.39 is 15.9 Å². The van der Waals surface area contributed by atoms with E-state index in [1.165, 1.54) is 10.7 Å². The lowest BCUT2D eigenvalue weighted by Gasteiger charge is -2.08. The molecule has 0 atom stereocenters. The van der Waals surface area contributed by atoms with Crippen molar-refractivity contribution >= 4 is 31.9 Å². The van der Waals surface area contributed by atoms with Gasteiger partial charge < -0.3 is 4.98 Å². The normalized spacial score (nSPS) is 11.6. The molecule has 0 saturated carbocycles. The van der Waals surface area contributed by atoms with Gasteiger partial charge in [0.15, 0.2) is 0 Å². The Morgan fingerprint density at radius 3 is 2.57 bits per heavy atom. The number of nitrogens with zero attached hydrogens (tertiary/aromatic N) is 2. The van der Waals surface area contributed by atoms with E-state index in [1.54, 1.807) is 27.1 Å². The zero-order valence-electron chi connectivity index (χ0n) is 11.6. The van der Waals surface area contributed by atoms with Gasteiger partial charge in [0, 0.05) is 17.7 Å². The van der Waals surface area contributed by atoms with E-state index in [0.29, 0.717) is 15.9 Å². The highest BCUT2D eigenvalue weighted by atomic mass is 79.9. The van der Waals surface area contributed by atoms with E-state index in [4.69, 9.17) is 0 Å². The van der Waals surface area contributed by atoms with Crippen molar-refractivity contribution < 1.29 is 13.2 Å². The highest BCUT2D eigenvalue weighted by Crippen LogP contribution is 2.17. The van der Waals surface area contributed by atoms with Crippen molar-refractivity contribution in [3.63, 3.8) is 0 Å². The van der Waals surface area contributed by atoms with Gasteiger partial charge in [-0.1, -0.05) is 0 Å². The van der Waals surface area contributed by atoms with Crippen LogP contribution >= 0.6 is 15.9 Å².